The molecular weight excluding hydrogens is 468 g/mol. The molecular formula is C24H30N6O4S. The molecule has 1 aromatic rings. The van der Waals surface area contributed by atoms with Gasteiger partial charge in [-0.1, -0.05) is 12.1 Å². The smallest absolute Gasteiger partial charge is 0.282 e. The largest absolute Gasteiger partial charge is 0.348 e. The van der Waals surface area contributed by atoms with Crippen LogP contribution in [-0.2, 0) is 19.8 Å². The number of rotatable bonds is 6. The lowest BCUT2D eigenvalue weighted by atomic mass is 9.97. The Morgan fingerprint density at radius 2 is 1.71 bits per heavy atom. The van der Waals surface area contributed by atoms with Crippen molar-refractivity contribution in [2.24, 2.45) is 11.8 Å². The van der Waals surface area contributed by atoms with Gasteiger partial charge in [0.2, 0.25) is 11.8 Å². The van der Waals surface area contributed by atoms with Crippen molar-refractivity contribution in [2.75, 3.05) is 32.7 Å². The van der Waals surface area contributed by atoms with E-state index in [1.807, 2.05) is 6.92 Å². The van der Waals surface area contributed by atoms with Crippen LogP contribution in [0.1, 0.15) is 49.8 Å². The van der Waals surface area contributed by atoms with Crippen LogP contribution >= 0.6 is 0 Å². The number of carbonyl (C=O) groups excluding carboxylic acids is 2. The fraction of sp³-hybridized carbons (Fsp3) is 0.583. The third-order valence-electron chi connectivity index (χ3n) is 7.15. The molecule has 1 aromatic carbocycles. The van der Waals surface area contributed by atoms with Gasteiger partial charge in [-0.2, -0.15) is 27.6 Å². The monoisotopic (exact) mass is 498 g/mol. The topological polar surface area (TPSA) is 138 Å². The maximum Gasteiger partial charge on any atom is 0.282 e. The Morgan fingerprint density at radius 3 is 2.37 bits per heavy atom. The Kier molecular flexibility index (Phi) is 7.41. The maximum atomic E-state index is 13.4. The summed E-state index contributed by atoms with van der Waals surface area (Å²) in [4.78, 5) is 28.1. The van der Waals surface area contributed by atoms with Crippen molar-refractivity contribution in [3.05, 3.63) is 35.4 Å². The van der Waals surface area contributed by atoms with Crippen LogP contribution in [0.4, 0.5) is 0 Å². The van der Waals surface area contributed by atoms with E-state index in [2.05, 4.69) is 17.5 Å². The summed E-state index contributed by atoms with van der Waals surface area (Å²) >= 11 is 0. The van der Waals surface area contributed by atoms with Gasteiger partial charge in [0.05, 0.1) is 35.6 Å². The molecule has 4 rings (SSSR count). The summed E-state index contributed by atoms with van der Waals surface area (Å²) in [6.07, 6.45) is 2.44. The van der Waals surface area contributed by atoms with E-state index in [0.717, 1.165) is 5.56 Å². The summed E-state index contributed by atoms with van der Waals surface area (Å²) in [7, 11) is -3.69. The van der Waals surface area contributed by atoms with Gasteiger partial charge < -0.3 is 10.2 Å². The van der Waals surface area contributed by atoms with Crippen LogP contribution in [0.2, 0.25) is 0 Å². The molecule has 0 aromatic heterocycles. The highest BCUT2D eigenvalue weighted by molar-refractivity contribution is 7.86. The molecule has 11 heteroatoms. The lowest BCUT2D eigenvalue weighted by Crippen LogP contribution is -2.57. The average Bonchev–Trinajstić information content (AvgIpc) is 3.33. The first-order valence-corrected chi connectivity index (χ1v) is 13.4. The Hall–Kier alpha value is -2.99. The number of piperidine rings is 1. The van der Waals surface area contributed by atoms with Gasteiger partial charge in [-0.25, -0.2) is 0 Å². The molecule has 1 unspecified atom stereocenters. The van der Waals surface area contributed by atoms with Gasteiger partial charge in [-0.3, -0.25) is 9.59 Å². The number of nitrogens with zero attached hydrogens (tertiary/aromatic N) is 5. The highest BCUT2D eigenvalue weighted by Gasteiger charge is 2.44. The Labute approximate surface area is 206 Å². The summed E-state index contributed by atoms with van der Waals surface area (Å²) in [6, 6.07) is 10.3. The first-order valence-electron chi connectivity index (χ1n) is 12.0. The third kappa shape index (κ3) is 5.18. The van der Waals surface area contributed by atoms with Crippen molar-refractivity contribution in [2.45, 2.75) is 44.7 Å². The second-order valence-corrected chi connectivity index (χ2v) is 11.4. The van der Waals surface area contributed by atoms with Crippen LogP contribution in [0, 0.1) is 34.5 Å². The van der Waals surface area contributed by atoms with Crippen LogP contribution in [0.3, 0.4) is 0 Å². The number of nitrogens with one attached hydrogen (secondary N) is 1. The fourth-order valence-corrected chi connectivity index (χ4v) is 6.79. The van der Waals surface area contributed by atoms with Crippen LogP contribution in [0.25, 0.3) is 0 Å². The molecule has 3 aliphatic heterocycles. The summed E-state index contributed by atoms with van der Waals surface area (Å²) < 4.78 is 28.5. The molecule has 0 bridgehead atoms. The molecule has 3 atom stereocenters. The minimum absolute atomic E-state index is 0.0986. The normalized spacial score (nSPS) is 24.7. The number of hydrogen-bond acceptors (Lipinski definition) is 6. The number of amides is 2. The molecule has 3 aliphatic rings. The van der Waals surface area contributed by atoms with Gasteiger partial charge in [0.15, 0.2) is 0 Å². The first-order chi connectivity index (χ1) is 16.7. The zero-order valence-corrected chi connectivity index (χ0v) is 20.6. The molecule has 35 heavy (non-hydrogen) atoms. The highest BCUT2D eigenvalue weighted by Crippen LogP contribution is 2.29. The number of hydrogen-bond donors (Lipinski definition) is 1. The van der Waals surface area contributed by atoms with E-state index >= 15 is 0 Å². The number of benzene rings is 1. The fourth-order valence-electron chi connectivity index (χ4n) is 5.00. The molecule has 186 valence electrons. The minimum atomic E-state index is -3.69. The van der Waals surface area contributed by atoms with E-state index in [0.29, 0.717) is 44.3 Å². The molecule has 3 heterocycles. The van der Waals surface area contributed by atoms with E-state index in [1.165, 1.54) is 8.61 Å². The van der Waals surface area contributed by atoms with Gasteiger partial charge in [-0.05, 0) is 50.3 Å². The van der Waals surface area contributed by atoms with E-state index < -0.39 is 22.2 Å². The third-order valence-corrected chi connectivity index (χ3v) is 9.09. The van der Waals surface area contributed by atoms with Crippen LogP contribution in [-0.4, -0.2) is 72.5 Å². The number of likely N-dealkylation sites (tertiary alicyclic amines) is 1. The Balaban J connectivity index is 1.38. The van der Waals surface area contributed by atoms with Crippen molar-refractivity contribution in [3.63, 3.8) is 0 Å². The van der Waals surface area contributed by atoms with E-state index in [-0.39, 0.29) is 43.4 Å². The van der Waals surface area contributed by atoms with Crippen LogP contribution in [0.15, 0.2) is 24.3 Å². The molecule has 3 saturated heterocycles. The predicted molar refractivity (Wildman–Crippen MR) is 126 cm³/mol. The molecule has 0 radical (unpaired) electrons. The standard InChI is InChI=1S/C24H30N6O4S/c1-17(20-8-6-18(12-25)7-9-20)27-23(31)22-5-3-11-30(22)24(32)21-4-2-10-28(16-21)35(33,34)29-14-19(13-26)15-29/h6-9,17,19,21-22H,2-5,10-11,14-16H2,1H3,(H,27,31)/t17?,21-,22+/m0/s1. The molecule has 0 saturated carbocycles. The number of carbonyl (C=O) groups is 2. The van der Waals surface area contributed by atoms with Gasteiger partial charge >= 0.3 is 0 Å². The molecule has 2 amide bonds. The minimum Gasteiger partial charge on any atom is -0.348 e. The second kappa shape index (κ2) is 10.3. The SMILES string of the molecule is CC(NC(=O)[C@H]1CCCN1C(=O)[C@H]1CCCN(S(=O)(=O)N2CC(C#N)C2)C1)c1ccc(C#N)cc1. The van der Waals surface area contributed by atoms with Crippen LogP contribution in [0.5, 0.6) is 0 Å². The highest BCUT2D eigenvalue weighted by atomic mass is 32.2. The summed E-state index contributed by atoms with van der Waals surface area (Å²) in [5, 5.41) is 20.9. The second-order valence-electron chi connectivity index (χ2n) is 9.50. The molecule has 0 spiro atoms. The Morgan fingerprint density at radius 1 is 1.03 bits per heavy atom. The van der Waals surface area contributed by atoms with Crippen molar-refractivity contribution in [1.82, 2.24) is 18.8 Å². The van der Waals surface area contributed by atoms with Crippen LogP contribution < -0.4 is 5.32 Å². The predicted octanol–water partition coefficient (Wildman–Crippen LogP) is 1.14. The zero-order valence-electron chi connectivity index (χ0n) is 19.8. The van der Waals surface area contributed by atoms with Crippen molar-refractivity contribution >= 4 is 22.0 Å². The quantitative estimate of drug-likeness (QED) is 0.624. The van der Waals surface area contributed by atoms with Crippen molar-refractivity contribution in [1.29, 1.82) is 10.5 Å². The maximum absolute atomic E-state index is 13.4. The summed E-state index contributed by atoms with van der Waals surface area (Å²) in [5.74, 6) is -1.17. The Bertz CT molecular complexity index is 1150. The van der Waals surface area contributed by atoms with Gasteiger partial charge in [0.1, 0.15) is 6.04 Å². The average molecular weight is 499 g/mol. The molecule has 10 nitrogen and oxygen atoms in total. The molecule has 1 N–H and O–H groups in total. The molecule has 0 aliphatic carbocycles. The lowest BCUT2D eigenvalue weighted by Gasteiger charge is -2.41. The first kappa shape index (κ1) is 25.1. The van der Waals surface area contributed by atoms with Crippen molar-refractivity contribution in [3.8, 4) is 12.1 Å². The van der Waals surface area contributed by atoms with E-state index in [9.17, 15) is 18.0 Å². The van der Waals surface area contributed by atoms with Crippen molar-refractivity contribution < 1.29 is 18.0 Å². The van der Waals surface area contributed by atoms with E-state index in [4.69, 9.17) is 10.5 Å². The summed E-state index contributed by atoms with van der Waals surface area (Å²) in [5.41, 5.74) is 1.41. The van der Waals surface area contributed by atoms with E-state index in [1.54, 1.807) is 29.2 Å². The zero-order chi connectivity index (χ0) is 25.2. The summed E-state index contributed by atoms with van der Waals surface area (Å²) in [6.45, 7) is 3.17. The van der Waals surface area contributed by atoms with Gasteiger partial charge in [0, 0.05) is 32.7 Å². The van der Waals surface area contributed by atoms with Gasteiger partial charge in [0.25, 0.3) is 10.2 Å². The lowest BCUT2D eigenvalue weighted by molar-refractivity contribution is -0.142. The molecule has 3 fully saturated rings. The van der Waals surface area contributed by atoms with Gasteiger partial charge in [-0.15, -0.1) is 0 Å². The number of nitriles is 2.